The topological polar surface area (TPSA) is 52.7 Å². The fourth-order valence-corrected chi connectivity index (χ4v) is 4.29. The van der Waals surface area contributed by atoms with Crippen molar-refractivity contribution in [2.45, 2.75) is 38.4 Å². The highest BCUT2D eigenvalue weighted by atomic mass is 16.2. The first-order chi connectivity index (χ1) is 12.9. The van der Waals surface area contributed by atoms with Crippen LogP contribution in [0.15, 0.2) is 54.6 Å². The number of fused-ring (bicyclic) bond motifs is 3. The Hall–Kier alpha value is -2.82. The van der Waals surface area contributed by atoms with Gasteiger partial charge in [-0.15, -0.1) is 0 Å². The zero-order chi connectivity index (χ0) is 19.2. The Labute approximate surface area is 160 Å². The highest BCUT2D eigenvalue weighted by Gasteiger charge is 2.57. The highest BCUT2D eigenvalue weighted by Crippen LogP contribution is 2.48. The maximum absolute atomic E-state index is 13.3. The van der Waals surface area contributed by atoms with E-state index in [2.05, 4.69) is 5.32 Å². The number of carbonyl (C=O) groups excluding carboxylic acids is 2. The molecule has 2 aromatic carbocycles. The zero-order valence-electron chi connectivity index (χ0n) is 16.0. The third-order valence-corrected chi connectivity index (χ3v) is 5.23. The first kappa shape index (κ1) is 17.6. The van der Waals surface area contributed by atoms with E-state index < -0.39 is 5.66 Å². The van der Waals surface area contributed by atoms with E-state index in [1.165, 1.54) is 0 Å². The van der Waals surface area contributed by atoms with Gasteiger partial charge in [-0.25, -0.2) is 4.79 Å². The quantitative estimate of drug-likeness (QED) is 0.842. The molecule has 1 atom stereocenters. The monoisotopic (exact) mass is 363 g/mol. The number of carbonyl (C=O) groups is 2. The van der Waals surface area contributed by atoms with Gasteiger partial charge in [0.05, 0.1) is 0 Å². The Kier molecular flexibility index (Phi) is 3.98. The number of nitrogens with zero attached hydrogens (tertiary/aromatic N) is 2. The molecule has 1 unspecified atom stereocenters. The smallest absolute Gasteiger partial charge is 0.320 e. The average molecular weight is 363 g/mol. The van der Waals surface area contributed by atoms with Gasteiger partial charge < -0.3 is 10.2 Å². The van der Waals surface area contributed by atoms with Gasteiger partial charge in [-0.1, -0.05) is 48.5 Å². The van der Waals surface area contributed by atoms with Crippen LogP contribution in [0.4, 0.5) is 4.79 Å². The minimum absolute atomic E-state index is 0.0114. The zero-order valence-corrected chi connectivity index (χ0v) is 16.0. The van der Waals surface area contributed by atoms with Gasteiger partial charge in [0.2, 0.25) is 0 Å². The molecule has 2 heterocycles. The number of hydrogen-bond acceptors (Lipinski definition) is 2. The van der Waals surface area contributed by atoms with Crippen molar-refractivity contribution in [2.75, 3.05) is 13.1 Å². The van der Waals surface area contributed by atoms with Gasteiger partial charge in [-0.3, -0.25) is 9.69 Å². The molecule has 0 spiro atoms. The third-order valence-electron chi connectivity index (χ3n) is 5.23. The van der Waals surface area contributed by atoms with Crippen molar-refractivity contribution in [3.05, 3.63) is 71.3 Å². The van der Waals surface area contributed by atoms with E-state index in [4.69, 9.17) is 0 Å². The van der Waals surface area contributed by atoms with E-state index in [0.717, 1.165) is 17.5 Å². The summed E-state index contributed by atoms with van der Waals surface area (Å²) in [4.78, 5) is 30.3. The molecule has 5 nitrogen and oxygen atoms in total. The molecule has 0 aliphatic carbocycles. The summed E-state index contributed by atoms with van der Waals surface area (Å²) in [5, 5.41) is 3.09. The highest BCUT2D eigenvalue weighted by molar-refractivity contribution is 6.01. The van der Waals surface area contributed by atoms with Crippen LogP contribution in [0.5, 0.6) is 0 Å². The second-order valence-corrected chi connectivity index (χ2v) is 8.23. The number of amides is 3. The van der Waals surface area contributed by atoms with Crippen LogP contribution in [0.2, 0.25) is 0 Å². The van der Waals surface area contributed by atoms with Gasteiger partial charge in [-0.05, 0) is 33.3 Å². The first-order valence-corrected chi connectivity index (χ1v) is 9.42. The number of hydrogen-bond donors (Lipinski definition) is 1. The predicted molar refractivity (Wildman–Crippen MR) is 104 cm³/mol. The molecular weight excluding hydrogens is 338 g/mol. The van der Waals surface area contributed by atoms with E-state index >= 15 is 0 Å². The molecule has 0 bridgehead atoms. The van der Waals surface area contributed by atoms with Crippen LogP contribution in [0.1, 0.15) is 48.7 Å². The van der Waals surface area contributed by atoms with Crippen molar-refractivity contribution in [3.8, 4) is 0 Å². The lowest BCUT2D eigenvalue weighted by molar-refractivity contribution is -0.0144. The molecule has 0 saturated carbocycles. The normalized spacial score (nSPS) is 21.7. The number of urea groups is 1. The SMILES string of the molecule is CC(C)(C)NC(=O)N1CCCN2C(=O)c3ccccc3C12c1ccccc1. The molecule has 4 rings (SSSR count). The second kappa shape index (κ2) is 6.12. The van der Waals surface area contributed by atoms with Crippen LogP contribution in [-0.2, 0) is 5.66 Å². The molecule has 1 N–H and O–H groups in total. The van der Waals surface area contributed by atoms with Crippen molar-refractivity contribution < 1.29 is 9.59 Å². The first-order valence-electron chi connectivity index (χ1n) is 9.42. The maximum Gasteiger partial charge on any atom is 0.320 e. The standard InChI is InChI=1S/C22H25N3O2/c1-21(2,3)23-20(27)25-15-9-14-24-19(26)17-12-7-8-13-18(17)22(24,25)16-10-5-4-6-11-16/h4-8,10-13H,9,14-15H2,1-3H3,(H,23,27). The third kappa shape index (κ3) is 2.60. The lowest BCUT2D eigenvalue weighted by Crippen LogP contribution is -2.65. The van der Waals surface area contributed by atoms with E-state index in [1.807, 2.05) is 85.2 Å². The second-order valence-electron chi connectivity index (χ2n) is 8.23. The lowest BCUT2D eigenvalue weighted by Gasteiger charge is -2.51. The van der Waals surface area contributed by atoms with Crippen LogP contribution in [0.25, 0.3) is 0 Å². The summed E-state index contributed by atoms with van der Waals surface area (Å²) in [6, 6.07) is 17.4. The number of rotatable bonds is 1. The molecule has 2 aliphatic heterocycles. The molecule has 3 amide bonds. The largest absolute Gasteiger partial charge is 0.333 e. The molecule has 0 radical (unpaired) electrons. The lowest BCUT2D eigenvalue weighted by atomic mass is 9.87. The van der Waals surface area contributed by atoms with E-state index in [-0.39, 0.29) is 17.5 Å². The van der Waals surface area contributed by atoms with Crippen molar-refractivity contribution in [1.82, 2.24) is 15.1 Å². The maximum atomic E-state index is 13.3. The molecule has 1 saturated heterocycles. The van der Waals surface area contributed by atoms with Gasteiger partial charge >= 0.3 is 6.03 Å². The summed E-state index contributed by atoms with van der Waals surface area (Å²) in [6.07, 6.45) is 0.756. The molecule has 140 valence electrons. The van der Waals surface area contributed by atoms with Gasteiger partial charge in [0.25, 0.3) is 5.91 Å². The summed E-state index contributed by atoms with van der Waals surface area (Å²) >= 11 is 0. The number of benzene rings is 2. The van der Waals surface area contributed by atoms with E-state index in [1.54, 1.807) is 0 Å². The Balaban J connectivity index is 1.95. The van der Waals surface area contributed by atoms with Gasteiger partial charge in [0.15, 0.2) is 5.66 Å². The Morgan fingerprint density at radius 2 is 1.67 bits per heavy atom. The van der Waals surface area contributed by atoms with E-state index in [0.29, 0.717) is 18.7 Å². The van der Waals surface area contributed by atoms with Crippen LogP contribution in [0.3, 0.4) is 0 Å². The Bertz CT molecular complexity index is 888. The molecule has 27 heavy (non-hydrogen) atoms. The number of nitrogens with one attached hydrogen (secondary N) is 1. The minimum Gasteiger partial charge on any atom is -0.333 e. The van der Waals surface area contributed by atoms with Crippen LogP contribution >= 0.6 is 0 Å². The van der Waals surface area contributed by atoms with Gasteiger partial charge in [0, 0.05) is 35.3 Å². The molecule has 2 aromatic rings. The molecule has 5 heteroatoms. The summed E-state index contributed by atoms with van der Waals surface area (Å²) in [5.74, 6) is -0.0114. The average Bonchev–Trinajstić information content (AvgIpc) is 2.91. The fraction of sp³-hybridized carbons (Fsp3) is 0.364. The Morgan fingerprint density at radius 1 is 1.00 bits per heavy atom. The minimum atomic E-state index is -0.900. The molecule has 2 aliphatic rings. The summed E-state index contributed by atoms with van der Waals surface area (Å²) in [7, 11) is 0. The molecular formula is C22H25N3O2. The van der Waals surface area contributed by atoms with Crippen molar-refractivity contribution >= 4 is 11.9 Å². The molecule has 0 aromatic heterocycles. The van der Waals surface area contributed by atoms with Crippen molar-refractivity contribution in [2.24, 2.45) is 0 Å². The van der Waals surface area contributed by atoms with Crippen LogP contribution in [0, 0.1) is 0 Å². The predicted octanol–water partition coefficient (Wildman–Crippen LogP) is 3.56. The summed E-state index contributed by atoms with van der Waals surface area (Å²) < 4.78 is 0. The van der Waals surface area contributed by atoms with Gasteiger partial charge in [-0.2, -0.15) is 0 Å². The fourth-order valence-electron chi connectivity index (χ4n) is 4.29. The Morgan fingerprint density at radius 3 is 2.37 bits per heavy atom. The van der Waals surface area contributed by atoms with Crippen molar-refractivity contribution in [3.63, 3.8) is 0 Å². The van der Waals surface area contributed by atoms with Crippen LogP contribution < -0.4 is 5.32 Å². The molecule has 1 fully saturated rings. The van der Waals surface area contributed by atoms with Crippen LogP contribution in [-0.4, -0.2) is 40.4 Å². The summed E-state index contributed by atoms with van der Waals surface area (Å²) in [5.41, 5.74) is 1.23. The van der Waals surface area contributed by atoms with Gasteiger partial charge in [0.1, 0.15) is 0 Å². The summed E-state index contributed by atoms with van der Waals surface area (Å²) in [6.45, 7) is 7.12. The van der Waals surface area contributed by atoms with Crippen molar-refractivity contribution in [1.29, 1.82) is 0 Å². The van der Waals surface area contributed by atoms with E-state index in [9.17, 15) is 9.59 Å².